The summed E-state index contributed by atoms with van der Waals surface area (Å²) in [6.45, 7) is 4.10. The molecular formula is C18H20FNO3. The van der Waals surface area contributed by atoms with Gasteiger partial charge in [-0.15, -0.1) is 0 Å². The number of carbonyl (C=O) groups excluding carboxylic acids is 1. The van der Waals surface area contributed by atoms with Gasteiger partial charge >= 0.3 is 0 Å². The average molecular weight is 317 g/mol. The van der Waals surface area contributed by atoms with Gasteiger partial charge in [-0.3, -0.25) is 4.79 Å². The molecular weight excluding hydrogens is 297 g/mol. The van der Waals surface area contributed by atoms with Crippen molar-refractivity contribution in [1.29, 1.82) is 0 Å². The Morgan fingerprint density at radius 2 is 1.61 bits per heavy atom. The number of nitrogens with one attached hydrogen (secondary N) is 1. The molecule has 1 amide bonds. The van der Waals surface area contributed by atoms with Gasteiger partial charge in [-0.05, 0) is 50.2 Å². The van der Waals surface area contributed by atoms with Gasteiger partial charge in [0.05, 0.1) is 6.04 Å². The predicted octanol–water partition coefficient (Wildman–Crippen LogP) is 3.10. The second-order valence-corrected chi connectivity index (χ2v) is 5.34. The minimum absolute atomic E-state index is 0.124. The number of amides is 1. The van der Waals surface area contributed by atoms with Crippen molar-refractivity contribution in [2.75, 3.05) is 13.2 Å². The van der Waals surface area contributed by atoms with E-state index >= 15 is 0 Å². The zero-order valence-electron chi connectivity index (χ0n) is 13.2. The minimum Gasteiger partial charge on any atom is -0.491 e. The molecule has 2 rings (SSSR count). The van der Waals surface area contributed by atoms with Gasteiger partial charge in [0.1, 0.15) is 23.9 Å². The fraction of sp³-hybridized carbons (Fsp3) is 0.278. The van der Waals surface area contributed by atoms with Crippen LogP contribution >= 0.6 is 0 Å². The van der Waals surface area contributed by atoms with Crippen molar-refractivity contribution < 1.29 is 18.7 Å². The van der Waals surface area contributed by atoms with E-state index in [0.717, 1.165) is 11.3 Å². The Morgan fingerprint density at radius 1 is 1.04 bits per heavy atom. The third-order valence-corrected chi connectivity index (χ3v) is 3.11. The van der Waals surface area contributed by atoms with Crippen LogP contribution in [0.1, 0.15) is 12.5 Å². The second kappa shape index (κ2) is 8.17. The summed E-state index contributed by atoms with van der Waals surface area (Å²) in [4.78, 5) is 11.8. The van der Waals surface area contributed by atoms with E-state index < -0.39 is 0 Å². The van der Waals surface area contributed by atoms with Gasteiger partial charge in [0, 0.05) is 0 Å². The third kappa shape index (κ3) is 5.98. The number of rotatable bonds is 7. The molecule has 0 saturated heterocycles. The highest BCUT2D eigenvalue weighted by Crippen LogP contribution is 2.12. The quantitative estimate of drug-likeness (QED) is 0.853. The molecule has 2 aromatic carbocycles. The molecule has 0 aliphatic carbocycles. The Morgan fingerprint density at radius 3 is 2.26 bits per heavy atom. The maximum Gasteiger partial charge on any atom is 0.258 e. The fourth-order valence-electron chi connectivity index (χ4n) is 1.89. The van der Waals surface area contributed by atoms with E-state index in [9.17, 15) is 9.18 Å². The minimum atomic E-state index is -0.344. The lowest BCUT2D eigenvalue weighted by Crippen LogP contribution is -2.39. The van der Waals surface area contributed by atoms with Crippen LogP contribution in [0, 0.1) is 12.7 Å². The van der Waals surface area contributed by atoms with Crippen LogP contribution in [0.3, 0.4) is 0 Å². The number of benzene rings is 2. The van der Waals surface area contributed by atoms with Crippen LogP contribution < -0.4 is 14.8 Å². The van der Waals surface area contributed by atoms with Gasteiger partial charge in [0.25, 0.3) is 5.91 Å². The van der Waals surface area contributed by atoms with Crippen LogP contribution in [0.5, 0.6) is 11.5 Å². The first-order chi connectivity index (χ1) is 11.0. The lowest BCUT2D eigenvalue weighted by Gasteiger charge is -2.15. The lowest BCUT2D eigenvalue weighted by molar-refractivity contribution is -0.123. The van der Waals surface area contributed by atoms with E-state index in [0.29, 0.717) is 12.4 Å². The van der Waals surface area contributed by atoms with Crippen molar-refractivity contribution in [1.82, 2.24) is 5.32 Å². The van der Waals surface area contributed by atoms with Crippen LogP contribution in [-0.2, 0) is 4.79 Å². The van der Waals surface area contributed by atoms with Gasteiger partial charge in [-0.25, -0.2) is 4.39 Å². The maximum atomic E-state index is 12.8. The van der Waals surface area contributed by atoms with Crippen LogP contribution in [-0.4, -0.2) is 25.2 Å². The Kier molecular flexibility index (Phi) is 5.97. The summed E-state index contributed by atoms with van der Waals surface area (Å²) >= 11 is 0. The molecule has 0 saturated carbocycles. The summed E-state index contributed by atoms with van der Waals surface area (Å²) in [5.74, 6) is 0.613. The van der Waals surface area contributed by atoms with E-state index in [1.807, 2.05) is 38.1 Å². The topological polar surface area (TPSA) is 47.6 Å². The highest BCUT2D eigenvalue weighted by Gasteiger charge is 2.09. The molecule has 0 heterocycles. The summed E-state index contributed by atoms with van der Waals surface area (Å²) in [7, 11) is 0. The normalized spacial score (nSPS) is 11.6. The van der Waals surface area contributed by atoms with Crippen molar-refractivity contribution in [3.8, 4) is 11.5 Å². The van der Waals surface area contributed by atoms with Crippen molar-refractivity contribution in [3.05, 3.63) is 59.9 Å². The molecule has 0 aliphatic heterocycles. The summed E-state index contributed by atoms with van der Waals surface area (Å²) in [6.07, 6.45) is 0. The predicted molar refractivity (Wildman–Crippen MR) is 86.2 cm³/mol. The molecule has 2 aromatic rings. The molecule has 1 N–H and O–H groups in total. The van der Waals surface area contributed by atoms with Crippen molar-refractivity contribution >= 4 is 5.91 Å². The summed E-state index contributed by atoms with van der Waals surface area (Å²) in [5.41, 5.74) is 1.16. The molecule has 4 nitrogen and oxygen atoms in total. The van der Waals surface area contributed by atoms with Crippen molar-refractivity contribution in [2.24, 2.45) is 0 Å². The zero-order chi connectivity index (χ0) is 16.7. The molecule has 0 unspecified atom stereocenters. The molecule has 0 spiro atoms. The Labute approximate surface area is 135 Å². The van der Waals surface area contributed by atoms with Crippen molar-refractivity contribution in [3.63, 3.8) is 0 Å². The van der Waals surface area contributed by atoms with Gasteiger partial charge in [0.15, 0.2) is 6.61 Å². The van der Waals surface area contributed by atoms with Gasteiger partial charge < -0.3 is 14.8 Å². The number of carbonyl (C=O) groups is 1. The van der Waals surface area contributed by atoms with Gasteiger partial charge in [0.2, 0.25) is 0 Å². The molecule has 0 bridgehead atoms. The van der Waals surface area contributed by atoms with E-state index in [-0.39, 0.29) is 24.4 Å². The van der Waals surface area contributed by atoms with Crippen LogP contribution in [0.4, 0.5) is 4.39 Å². The van der Waals surface area contributed by atoms with Crippen LogP contribution in [0.25, 0.3) is 0 Å². The van der Waals surface area contributed by atoms with Gasteiger partial charge in [-0.1, -0.05) is 17.7 Å². The second-order valence-electron chi connectivity index (χ2n) is 5.34. The number of aryl methyl sites for hydroxylation is 1. The van der Waals surface area contributed by atoms with E-state index in [1.54, 1.807) is 0 Å². The Bertz CT molecular complexity index is 626. The Hall–Kier alpha value is -2.56. The van der Waals surface area contributed by atoms with E-state index in [2.05, 4.69) is 5.32 Å². The third-order valence-electron chi connectivity index (χ3n) is 3.11. The highest BCUT2D eigenvalue weighted by molar-refractivity contribution is 5.77. The van der Waals surface area contributed by atoms with Crippen LogP contribution in [0.15, 0.2) is 48.5 Å². The first-order valence-electron chi connectivity index (χ1n) is 7.40. The zero-order valence-corrected chi connectivity index (χ0v) is 13.2. The smallest absolute Gasteiger partial charge is 0.258 e. The first-order valence-corrected chi connectivity index (χ1v) is 7.40. The number of hydrogen-bond donors (Lipinski definition) is 1. The number of ether oxygens (including phenoxy) is 2. The monoisotopic (exact) mass is 317 g/mol. The average Bonchev–Trinajstić information content (AvgIpc) is 2.54. The standard InChI is InChI=1S/C18H20FNO3/c1-13-3-7-16(8-4-13)22-11-14(2)20-18(21)12-23-17-9-5-15(19)6-10-17/h3-10,14H,11-12H2,1-2H3,(H,20,21)/t14-/m0/s1. The van der Waals surface area contributed by atoms with Crippen molar-refractivity contribution in [2.45, 2.75) is 19.9 Å². The molecule has 0 aromatic heterocycles. The molecule has 0 aliphatic rings. The summed E-state index contributed by atoms with van der Waals surface area (Å²) in [6, 6.07) is 13.1. The number of hydrogen-bond acceptors (Lipinski definition) is 3. The van der Waals surface area contributed by atoms with E-state index in [4.69, 9.17) is 9.47 Å². The molecule has 5 heteroatoms. The molecule has 0 radical (unpaired) electrons. The fourth-order valence-corrected chi connectivity index (χ4v) is 1.89. The Balaban J connectivity index is 1.69. The maximum absolute atomic E-state index is 12.8. The highest BCUT2D eigenvalue weighted by atomic mass is 19.1. The lowest BCUT2D eigenvalue weighted by atomic mass is 10.2. The van der Waals surface area contributed by atoms with Gasteiger partial charge in [-0.2, -0.15) is 0 Å². The molecule has 1 atom stereocenters. The van der Waals surface area contributed by atoms with E-state index in [1.165, 1.54) is 24.3 Å². The van der Waals surface area contributed by atoms with Crippen LogP contribution in [0.2, 0.25) is 0 Å². The molecule has 0 fully saturated rings. The summed E-state index contributed by atoms with van der Waals surface area (Å²) in [5, 5.41) is 2.78. The SMILES string of the molecule is Cc1ccc(OC[C@H](C)NC(=O)COc2ccc(F)cc2)cc1. The first kappa shape index (κ1) is 16.8. The molecule has 122 valence electrons. The number of halogens is 1. The largest absolute Gasteiger partial charge is 0.491 e. The molecule has 23 heavy (non-hydrogen) atoms. The summed E-state index contributed by atoms with van der Waals surface area (Å²) < 4.78 is 23.6.